The third-order valence-corrected chi connectivity index (χ3v) is 3.57. The zero-order valence-electron chi connectivity index (χ0n) is 12.7. The molecule has 1 aromatic carbocycles. The summed E-state index contributed by atoms with van der Waals surface area (Å²) in [6.07, 6.45) is 1.90. The molecule has 0 radical (unpaired) electrons. The molecule has 0 saturated heterocycles. The smallest absolute Gasteiger partial charge is 0.128 e. The third-order valence-electron chi connectivity index (χ3n) is 3.57. The van der Waals surface area contributed by atoms with Crippen LogP contribution in [0.3, 0.4) is 0 Å². The molecule has 0 amide bonds. The van der Waals surface area contributed by atoms with Crippen molar-refractivity contribution >= 4 is 5.82 Å². The van der Waals surface area contributed by atoms with Crippen LogP contribution in [0.5, 0.6) is 0 Å². The molecule has 0 aliphatic rings. The molecule has 0 spiro atoms. The van der Waals surface area contributed by atoms with Crippen molar-refractivity contribution < 1.29 is 0 Å². The standard InChI is InChI=1S/C17H20N4/c1-13(19-2)16-7-8-17(20-11-16)21(3)12-15-6-4-5-14(9-15)10-18/h4-9,11,13,19H,12H2,1-3H3. The van der Waals surface area contributed by atoms with Gasteiger partial charge in [-0.2, -0.15) is 5.26 Å². The lowest BCUT2D eigenvalue weighted by molar-refractivity contribution is 0.649. The van der Waals surface area contributed by atoms with Crippen LogP contribution in [0.1, 0.15) is 29.7 Å². The van der Waals surface area contributed by atoms with E-state index >= 15 is 0 Å². The molecule has 1 atom stereocenters. The fraction of sp³-hybridized carbons (Fsp3) is 0.294. The van der Waals surface area contributed by atoms with Crippen molar-refractivity contribution in [2.24, 2.45) is 0 Å². The molecule has 108 valence electrons. The van der Waals surface area contributed by atoms with Gasteiger partial charge in [0.15, 0.2) is 0 Å². The number of rotatable bonds is 5. The molecular formula is C17H20N4. The summed E-state index contributed by atoms with van der Waals surface area (Å²) in [5, 5.41) is 12.1. The Morgan fingerprint density at radius 2 is 2.14 bits per heavy atom. The number of hydrogen-bond donors (Lipinski definition) is 1. The van der Waals surface area contributed by atoms with E-state index in [2.05, 4.69) is 34.3 Å². The Bertz CT molecular complexity index is 628. The molecule has 0 saturated carbocycles. The van der Waals surface area contributed by atoms with Crippen molar-refractivity contribution in [3.8, 4) is 6.07 Å². The second-order valence-corrected chi connectivity index (χ2v) is 5.13. The van der Waals surface area contributed by atoms with E-state index in [-0.39, 0.29) is 0 Å². The van der Waals surface area contributed by atoms with Gasteiger partial charge in [0.1, 0.15) is 5.82 Å². The molecule has 0 aliphatic carbocycles. The van der Waals surface area contributed by atoms with E-state index in [4.69, 9.17) is 5.26 Å². The average molecular weight is 280 g/mol. The van der Waals surface area contributed by atoms with Crippen molar-refractivity contribution in [1.82, 2.24) is 10.3 Å². The predicted molar refractivity (Wildman–Crippen MR) is 85.0 cm³/mol. The van der Waals surface area contributed by atoms with Crippen LogP contribution >= 0.6 is 0 Å². The van der Waals surface area contributed by atoms with Crippen LogP contribution in [0, 0.1) is 11.3 Å². The van der Waals surface area contributed by atoms with Gasteiger partial charge >= 0.3 is 0 Å². The summed E-state index contributed by atoms with van der Waals surface area (Å²) in [5.74, 6) is 0.921. The third kappa shape index (κ3) is 3.80. The summed E-state index contributed by atoms with van der Waals surface area (Å²) in [7, 11) is 3.94. The molecule has 4 heteroatoms. The van der Waals surface area contributed by atoms with Crippen molar-refractivity contribution in [1.29, 1.82) is 5.26 Å². The summed E-state index contributed by atoms with van der Waals surface area (Å²) >= 11 is 0. The molecule has 0 aliphatic heterocycles. The summed E-state index contributed by atoms with van der Waals surface area (Å²) in [5.41, 5.74) is 2.96. The zero-order valence-corrected chi connectivity index (χ0v) is 12.7. The van der Waals surface area contributed by atoms with Gasteiger partial charge in [-0.1, -0.05) is 18.2 Å². The lowest BCUT2D eigenvalue weighted by Gasteiger charge is -2.19. The monoisotopic (exact) mass is 280 g/mol. The maximum Gasteiger partial charge on any atom is 0.128 e. The molecule has 1 heterocycles. The van der Waals surface area contributed by atoms with E-state index in [9.17, 15) is 0 Å². The van der Waals surface area contributed by atoms with Crippen LogP contribution < -0.4 is 10.2 Å². The zero-order chi connectivity index (χ0) is 15.2. The van der Waals surface area contributed by atoms with Crippen molar-refractivity contribution in [3.05, 3.63) is 59.3 Å². The fourth-order valence-electron chi connectivity index (χ4n) is 2.14. The SMILES string of the molecule is CNC(C)c1ccc(N(C)Cc2cccc(C#N)c2)nc1. The van der Waals surface area contributed by atoms with Gasteiger partial charge in [-0.05, 0) is 43.3 Å². The first-order valence-electron chi connectivity index (χ1n) is 6.97. The average Bonchev–Trinajstić information content (AvgIpc) is 2.54. The Labute approximate surface area is 126 Å². The molecule has 1 aromatic heterocycles. The minimum absolute atomic E-state index is 0.296. The number of benzene rings is 1. The van der Waals surface area contributed by atoms with Crippen LogP contribution in [0.4, 0.5) is 5.82 Å². The lowest BCUT2D eigenvalue weighted by Crippen LogP contribution is -2.18. The fourth-order valence-corrected chi connectivity index (χ4v) is 2.14. The van der Waals surface area contributed by atoms with Gasteiger partial charge in [0.2, 0.25) is 0 Å². The van der Waals surface area contributed by atoms with Crippen molar-refractivity contribution in [3.63, 3.8) is 0 Å². The van der Waals surface area contributed by atoms with Gasteiger partial charge in [-0.25, -0.2) is 4.98 Å². The largest absolute Gasteiger partial charge is 0.355 e. The maximum atomic E-state index is 8.94. The summed E-state index contributed by atoms with van der Waals surface area (Å²) in [6, 6.07) is 14.2. The summed E-state index contributed by atoms with van der Waals surface area (Å²) in [6.45, 7) is 2.83. The molecule has 2 rings (SSSR count). The van der Waals surface area contributed by atoms with E-state index in [0.29, 0.717) is 11.6 Å². The lowest BCUT2D eigenvalue weighted by atomic mass is 10.1. The molecule has 4 nitrogen and oxygen atoms in total. The van der Waals surface area contributed by atoms with Gasteiger partial charge in [0.25, 0.3) is 0 Å². The van der Waals surface area contributed by atoms with Crippen LogP contribution in [0.2, 0.25) is 0 Å². The van der Waals surface area contributed by atoms with Gasteiger partial charge in [-0.15, -0.1) is 0 Å². The van der Waals surface area contributed by atoms with Crippen molar-refractivity contribution in [2.45, 2.75) is 19.5 Å². The number of nitrogens with zero attached hydrogens (tertiary/aromatic N) is 3. The number of nitrogens with one attached hydrogen (secondary N) is 1. The minimum atomic E-state index is 0.296. The predicted octanol–water partition coefficient (Wildman–Crippen LogP) is 2.87. The highest BCUT2D eigenvalue weighted by Crippen LogP contribution is 2.17. The van der Waals surface area contributed by atoms with Gasteiger partial charge in [0.05, 0.1) is 11.6 Å². The van der Waals surface area contributed by atoms with Crippen LogP contribution in [-0.2, 0) is 6.54 Å². The number of hydrogen-bond acceptors (Lipinski definition) is 4. The van der Waals surface area contributed by atoms with Crippen LogP contribution in [-0.4, -0.2) is 19.1 Å². The second kappa shape index (κ2) is 6.87. The van der Waals surface area contributed by atoms with E-state index in [1.165, 1.54) is 5.56 Å². The topological polar surface area (TPSA) is 52.0 Å². The number of nitriles is 1. The summed E-state index contributed by atoms with van der Waals surface area (Å²) in [4.78, 5) is 6.58. The van der Waals surface area contributed by atoms with Crippen molar-refractivity contribution in [2.75, 3.05) is 19.0 Å². The number of aromatic nitrogens is 1. The highest BCUT2D eigenvalue weighted by atomic mass is 15.2. The van der Waals surface area contributed by atoms with Crippen LogP contribution in [0.15, 0.2) is 42.6 Å². The molecular weight excluding hydrogens is 260 g/mol. The van der Waals surface area contributed by atoms with Gasteiger partial charge in [0, 0.05) is 25.8 Å². The quantitative estimate of drug-likeness (QED) is 0.915. The molecule has 0 bridgehead atoms. The van der Waals surface area contributed by atoms with Gasteiger partial charge in [-0.3, -0.25) is 0 Å². The Kier molecular flexibility index (Phi) is 4.91. The highest BCUT2D eigenvalue weighted by molar-refractivity contribution is 5.41. The molecule has 2 aromatic rings. The van der Waals surface area contributed by atoms with Gasteiger partial charge < -0.3 is 10.2 Å². The first-order valence-corrected chi connectivity index (χ1v) is 6.97. The first-order chi connectivity index (χ1) is 10.1. The van der Waals surface area contributed by atoms with E-state index in [1.54, 1.807) is 0 Å². The normalized spacial score (nSPS) is 11.7. The number of anilines is 1. The van der Waals surface area contributed by atoms with E-state index in [1.807, 2.05) is 50.6 Å². The Balaban J connectivity index is 2.09. The molecule has 0 fully saturated rings. The maximum absolute atomic E-state index is 8.94. The molecule has 1 unspecified atom stereocenters. The highest BCUT2D eigenvalue weighted by Gasteiger charge is 2.07. The number of pyridine rings is 1. The molecule has 21 heavy (non-hydrogen) atoms. The first kappa shape index (κ1) is 15.0. The summed E-state index contributed by atoms with van der Waals surface area (Å²) < 4.78 is 0. The minimum Gasteiger partial charge on any atom is -0.355 e. The Morgan fingerprint density at radius 1 is 1.33 bits per heavy atom. The van der Waals surface area contributed by atoms with E-state index < -0.39 is 0 Å². The second-order valence-electron chi connectivity index (χ2n) is 5.13. The Morgan fingerprint density at radius 3 is 2.76 bits per heavy atom. The van der Waals surface area contributed by atoms with E-state index in [0.717, 1.165) is 17.9 Å². The van der Waals surface area contributed by atoms with Crippen LogP contribution in [0.25, 0.3) is 0 Å². The Hall–Kier alpha value is -2.38. The molecule has 1 N–H and O–H groups in total.